The number of nitrogens with zero attached hydrogens (tertiary/aromatic N) is 2. The van der Waals surface area contributed by atoms with E-state index in [9.17, 15) is 9.90 Å². The minimum atomic E-state index is -0.879. The molecule has 0 atom stereocenters. The van der Waals surface area contributed by atoms with Crippen molar-refractivity contribution in [2.24, 2.45) is 5.41 Å². The summed E-state index contributed by atoms with van der Waals surface area (Å²) in [7, 11) is 0. The summed E-state index contributed by atoms with van der Waals surface area (Å²) in [5.74, 6) is -0.856. The van der Waals surface area contributed by atoms with Crippen LogP contribution in [0.3, 0.4) is 0 Å². The molecule has 0 unspecified atom stereocenters. The average molecular weight is 248 g/mol. The smallest absolute Gasteiger partial charge is 0.310 e. The van der Waals surface area contributed by atoms with E-state index in [0.717, 1.165) is 10.9 Å². The molecule has 96 valence electrons. The van der Waals surface area contributed by atoms with Crippen LogP contribution >= 0.6 is 0 Å². The first kappa shape index (κ1) is 12.6. The number of fused-ring (bicyclic) bond motifs is 1. The van der Waals surface area contributed by atoms with E-state index < -0.39 is 11.4 Å². The van der Waals surface area contributed by atoms with Gasteiger partial charge in [0, 0.05) is 29.9 Å². The number of carbonyl (C=O) groups is 1. The number of carboxylic acid groups (broad SMARTS) is 1. The lowest BCUT2D eigenvalue weighted by Crippen LogP contribution is -2.28. The van der Waals surface area contributed by atoms with Gasteiger partial charge in [-0.05, 0) is 26.0 Å². The van der Waals surface area contributed by atoms with Crippen molar-refractivity contribution < 1.29 is 15.0 Å². The van der Waals surface area contributed by atoms with E-state index in [-0.39, 0.29) is 6.61 Å². The van der Waals surface area contributed by atoms with Gasteiger partial charge in [0.25, 0.3) is 0 Å². The van der Waals surface area contributed by atoms with Crippen LogP contribution in [0.25, 0.3) is 11.0 Å². The van der Waals surface area contributed by atoms with Gasteiger partial charge >= 0.3 is 5.97 Å². The molecular formula is C13H16N2O3. The number of carboxylic acids is 1. The first-order valence-corrected chi connectivity index (χ1v) is 5.72. The van der Waals surface area contributed by atoms with E-state index in [4.69, 9.17) is 5.11 Å². The lowest BCUT2D eigenvalue weighted by molar-refractivity contribution is -0.147. The molecule has 0 bridgehead atoms. The molecule has 2 heterocycles. The minimum absolute atomic E-state index is 0.0807. The van der Waals surface area contributed by atoms with E-state index >= 15 is 0 Å². The monoisotopic (exact) mass is 248 g/mol. The number of rotatable bonds is 4. The van der Waals surface area contributed by atoms with Crippen LogP contribution in [-0.2, 0) is 17.9 Å². The molecule has 0 saturated carbocycles. The third kappa shape index (κ3) is 2.09. The van der Waals surface area contributed by atoms with Gasteiger partial charge in [0.05, 0.1) is 12.0 Å². The number of pyridine rings is 1. The number of hydrogen-bond donors (Lipinski definition) is 2. The second-order valence-electron chi connectivity index (χ2n) is 5.00. The summed E-state index contributed by atoms with van der Waals surface area (Å²) >= 11 is 0. The SMILES string of the molecule is CC(C)(Cn1cc(CO)c2cccnc21)C(=O)O. The van der Waals surface area contributed by atoms with Crippen LogP contribution < -0.4 is 0 Å². The molecule has 0 aliphatic carbocycles. The predicted molar refractivity (Wildman–Crippen MR) is 67.1 cm³/mol. The molecule has 18 heavy (non-hydrogen) atoms. The number of aromatic nitrogens is 2. The van der Waals surface area contributed by atoms with E-state index in [1.807, 2.05) is 6.07 Å². The highest BCUT2D eigenvalue weighted by Gasteiger charge is 2.28. The van der Waals surface area contributed by atoms with Crippen LogP contribution in [0.2, 0.25) is 0 Å². The fourth-order valence-electron chi connectivity index (χ4n) is 1.94. The zero-order valence-electron chi connectivity index (χ0n) is 10.4. The number of aliphatic hydroxyl groups excluding tert-OH is 1. The van der Waals surface area contributed by atoms with Crippen LogP contribution in [0.5, 0.6) is 0 Å². The van der Waals surface area contributed by atoms with E-state index in [1.165, 1.54) is 0 Å². The molecule has 2 N–H and O–H groups in total. The van der Waals surface area contributed by atoms with Crippen molar-refractivity contribution in [3.8, 4) is 0 Å². The zero-order chi connectivity index (χ0) is 13.3. The van der Waals surface area contributed by atoms with E-state index in [0.29, 0.717) is 12.2 Å². The van der Waals surface area contributed by atoms with Crippen LogP contribution in [0.15, 0.2) is 24.5 Å². The Kier molecular flexibility index (Phi) is 3.09. The molecule has 0 amide bonds. The highest BCUT2D eigenvalue weighted by atomic mass is 16.4. The Morgan fingerprint density at radius 3 is 2.83 bits per heavy atom. The predicted octanol–water partition coefficient (Wildman–Crippen LogP) is 1.64. The normalized spacial score (nSPS) is 11.9. The van der Waals surface area contributed by atoms with Gasteiger partial charge in [0.15, 0.2) is 0 Å². The Hall–Kier alpha value is -1.88. The third-order valence-corrected chi connectivity index (χ3v) is 3.03. The van der Waals surface area contributed by atoms with Gasteiger partial charge in [-0.25, -0.2) is 4.98 Å². The van der Waals surface area contributed by atoms with Gasteiger partial charge in [-0.1, -0.05) is 0 Å². The minimum Gasteiger partial charge on any atom is -0.481 e. The van der Waals surface area contributed by atoms with Crippen molar-refractivity contribution in [1.82, 2.24) is 9.55 Å². The van der Waals surface area contributed by atoms with Crippen LogP contribution in [0.1, 0.15) is 19.4 Å². The third-order valence-electron chi connectivity index (χ3n) is 3.03. The number of hydrogen-bond acceptors (Lipinski definition) is 3. The summed E-state index contributed by atoms with van der Waals surface area (Å²) in [6, 6.07) is 3.67. The van der Waals surface area contributed by atoms with Crippen LogP contribution in [-0.4, -0.2) is 25.7 Å². The Morgan fingerprint density at radius 2 is 2.22 bits per heavy atom. The molecule has 0 radical (unpaired) electrons. The molecule has 5 nitrogen and oxygen atoms in total. The van der Waals surface area contributed by atoms with Crippen LogP contribution in [0.4, 0.5) is 0 Å². The molecule has 2 aromatic rings. The number of aliphatic hydroxyl groups is 1. The van der Waals surface area contributed by atoms with Gasteiger partial charge in [0.1, 0.15) is 5.65 Å². The molecule has 0 aromatic carbocycles. The molecule has 5 heteroatoms. The Morgan fingerprint density at radius 1 is 1.50 bits per heavy atom. The largest absolute Gasteiger partial charge is 0.481 e. The summed E-state index contributed by atoms with van der Waals surface area (Å²) in [5.41, 5.74) is 0.589. The molecule has 0 fully saturated rings. The van der Waals surface area contributed by atoms with Gasteiger partial charge in [-0.2, -0.15) is 0 Å². The number of aliphatic carboxylic acids is 1. The van der Waals surface area contributed by atoms with Crippen molar-refractivity contribution in [2.45, 2.75) is 27.0 Å². The second kappa shape index (κ2) is 4.42. The molecule has 0 aliphatic heterocycles. The standard InChI is InChI=1S/C13H16N2O3/c1-13(2,12(17)18)8-15-6-9(7-16)10-4-3-5-14-11(10)15/h3-6,16H,7-8H2,1-2H3,(H,17,18). The summed E-state index contributed by atoms with van der Waals surface area (Å²) < 4.78 is 1.79. The van der Waals surface area contributed by atoms with Gasteiger partial charge in [-0.3, -0.25) is 4.79 Å². The quantitative estimate of drug-likeness (QED) is 0.862. The molecule has 0 saturated heterocycles. The first-order chi connectivity index (χ1) is 8.45. The first-order valence-electron chi connectivity index (χ1n) is 5.72. The summed E-state index contributed by atoms with van der Waals surface area (Å²) in [6.07, 6.45) is 3.43. The average Bonchev–Trinajstić information content (AvgIpc) is 2.67. The zero-order valence-corrected chi connectivity index (χ0v) is 10.4. The second-order valence-corrected chi connectivity index (χ2v) is 5.00. The van der Waals surface area contributed by atoms with Crippen molar-refractivity contribution in [2.75, 3.05) is 0 Å². The van der Waals surface area contributed by atoms with E-state index in [2.05, 4.69) is 4.98 Å². The van der Waals surface area contributed by atoms with E-state index in [1.54, 1.807) is 36.9 Å². The maximum absolute atomic E-state index is 11.2. The summed E-state index contributed by atoms with van der Waals surface area (Å²) in [4.78, 5) is 15.4. The Bertz CT molecular complexity index is 587. The van der Waals surface area contributed by atoms with Gasteiger partial charge in [-0.15, -0.1) is 0 Å². The van der Waals surface area contributed by atoms with Crippen molar-refractivity contribution in [1.29, 1.82) is 0 Å². The summed E-state index contributed by atoms with van der Waals surface area (Å²) in [5, 5.41) is 19.3. The topological polar surface area (TPSA) is 75.3 Å². The lowest BCUT2D eigenvalue weighted by atomic mass is 9.94. The Balaban J connectivity index is 2.49. The highest BCUT2D eigenvalue weighted by molar-refractivity contribution is 5.80. The molecule has 2 rings (SSSR count). The molecular weight excluding hydrogens is 232 g/mol. The van der Waals surface area contributed by atoms with Crippen molar-refractivity contribution in [3.05, 3.63) is 30.1 Å². The Labute approximate surface area is 105 Å². The van der Waals surface area contributed by atoms with Crippen molar-refractivity contribution in [3.63, 3.8) is 0 Å². The van der Waals surface area contributed by atoms with Crippen molar-refractivity contribution >= 4 is 17.0 Å². The highest BCUT2D eigenvalue weighted by Crippen LogP contribution is 2.24. The fourth-order valence-corrected chi connectivity index (χ4v) is 1.94. The molecule has 0 spiro atoms. The van der Waals surface area contributed by atoms with Crippen LogP contribution in [0, 0.1) is 5.41 Å². The fraction of sp³-hybridized carbons (Fsp3) is 0.385. The summed E-state index contributed by atoms with van der Waals surface area (Å²) in [6.45, 7) is 3.57. The van der Waals surface area contributed by atoms with Gasteiger partial charge in [0.2, 0.25) is 0 Å². The maximum atomic E-state index is 11.2. The lowest BCUT2D eigenvalue weighted by Gasteiger charge is -2.20. The molecule has 2 aromatic heterocycles. The molecule has 0 aliphatic rings. The van der Waals surface area contributed by atoms with Gasteiger partial charge < -0.3 is 14.8 Å². The maximum Gasteiger partial charge on any atom is 0.310 e.